The molecule has 1 aliphatic heterocycles. The number of nitrogens with zero attached hydrogens (tertiary/aromatic N) is 1. The molecule has 0 amide bonds. The number of benzene rings is 1. The van der Waals surface area contributed by atoms with E-state index in [2.05, 4.69) is 46.8 Å². The van der Waals surface area contributed by atoms with Gasteiger partial charge in [-0.15, -0.1) is 0 Å². The molecule has 0 spiro atoms. The zero-order valence-electron chi connectivity index (χ0n) is 11.7. The van der Waals surface area contributed by atoms with E-state index < -0.39 is 0 Å². The quantitative estimate of drug-likeness (QED) is 0.838. The van der Waals surface area contributed by atoms with E-state index in [0.29, 0.717) is 5.78 Å². The second kappa shape index (κ2) is 6.67. The third-order valence-corrected chi connectivity index (χ3v) is 4.49. The molecular formula is C16H22BrNO. The molecule has 1 aromatic carbocycles. The summed E-state index contributed by atoms with van der Waals surface area (Å²) in [5.74, 6) is 0.690. The normalized spacial score (nSPS) is 24.7. The number of Topliss-reactive ketones (excluding diaryl/α,β-unsaturated/α-hetero) is 1. The van der Waals surface area contributed by atoms with E-state index in [-0.39, 0.29) is 11.8 Å². The fraction of sp³-hybridized carbons (Fsp3) is 0.562. The summed E-state index contributed by atoms with van der Waals surface area (Å²) in [5.41, 5.74) is 1.15. The number of piperidine rings is 1. The SMILES string of the molecule is CCCC1CN(CC)CC(c2cccc(Br)c2)C1=O. The van der Waals surface area contributed by atoms with Crippen LogP contribution >= 0.6 is 15.9 Å². The number of likely N-dealkylation sites (tertiary alicyclic amines) is 1. The van der Waals surface area contributed by atoms with Crippen molar-refractivity contribution in [3.05, 3.63) is 34.3 Å². The van der Waals surface area contributed by atoms with Crippen molar-refractivity contribution in [2.75, 3.05) is 19.6 Å². The molecule has 1 aliphatic rings. The number of rotatable bonds is 4. The number of likely N-dealkylation sites (N-methyl/N-ethyl adjacent to an activating group) is 1. The van der Waals surface area contributed by atoms with Crippen LogP contribution in [0.3, 0.4) is 0 Å². The molecule has 0 aromatic heterocycles. The average Bonchev–Trinajstić information content (AvgIpc) is 2.41. The van der Waals surface area contributed by atoms with Gasteiger partial charge in [-0.05, 0) is 30.7 Å². The van der Waals surface area contributed by atoms with E-state index in [4.69, 9.17) is 0 Å². The zero-order valence-corrected chi connectivity index (χ0v) is 13.3. The lowest BCUT2D eigenvalue weighted by Crippen LogP contribution is -2.45. The van der Waals surface area contributed by atoms with Gasteiger partial charge in [0.05, 0.1) is 5.92 Å². The summed E-state index contributed by atoms with van der Waals surface area (Å²) in [6, 6.07) is 8.20. The smallest absolute Gasteiger partial charge is 0.145 e. The summed E-state index contributed by atoms with van der Waals surface area (Å²) in [5, 5.41) is 0. The fourth-order valence-corrected chi connectivity index (χ4v) is 3.36. The lowest BCUT2D eigenvalue weighted by Gasteiger charge is -2.36. The number of carbonyl (C=O) groups is 1. The van der Waals surface area contributed by atoms with E-state index in [9.17, 15) is 4.79 Å². The Balaban J connectivity index is 2.24. The first-order valence-corrected chi connectivity index (χ1v) is 7.96. The Labute approximate surface area is 124 Å². The Hall–Kier alpha value is -0.670. The van der Waals surface area contributed by atoms with Gasteiger partial charge in [0.15, 0.2) is 0 Å². The maximum Gasteiger partial charge on any atom is 0.145 e. The largest absolute Gasteiger partial charge is 0.302 e. The van der Waals surface area contributed by atoms with E-state index in [1.807, 2.05) is 12.1 Å². The predicted octanol–water partition coefficient (Wildman–Crippen LogP) is 3.85. The molecule has 104 valence electrons. The minimum absolute atomic E-state index is 0.0442. The highest BCUT2D eigenvalue weighted by Gasteiger charge is 2.34. The maximum atomic E-state index is 12.6. The van der Waals surface area contributed by atoms with Crippen LogP contribution in [0, 0.1) is 5.92 Å². The number of carbonyl (C=O) groups excluding carboxylic acids is 1. The van der Waals surface area contributed by atoms with Crippen LogP contribution in [0.1, 0.15) is 38.2 Å². The Morgan fingerprint density at radius 2 is 2.11 bits per heavy atom. The van der Waals surface area contributed by atoms with Gasteiger partial charge in [-0.25, -0.2) is 0 Å². The highest BCUT2D eigenvalue weighted by molar-refractivity contribution is 9.10. The average molecular weight is 324 g/mol. The van der Waals surface area contributed by atoms with Gasteiger partial charge in [0.25, 0.3) is 0 Å². The number of ketones is 1. The first-order valence-electron chi connectivity index (χ1n) is 7.17. The summed E-state index contributed by atoms with van der Waals surface area (Å²) in [4.78, 5) is 15.1. The molecule has 1 saturated heterocycles. The van der Waals surface area contributed by atoms with Crippen molar-refractivity contribution in [3.8, 4) is 0 Å². The summed E-state index contributed by atoms with van der Waals surface area (Å²) >= 11 is 3.50. The van der Waals surface area contributed by atoms with Crippen molar-refractivity contribution in [3.63, 3.8) is 0 Å². The molecule has 0 radical (unpaired) electrons. The van der Waals surface area contributed by atoms with Gasteiger partial charge in [0.1, 0.15) is 5.78 Å². The van der Waals surface area contributed by atoms with Crippen molar-refractivity contribution in [2.45, 2.75) is 32.6 Å². The van der Waals surface area contributed by atoms with Gasteiger partial charge >= 0.3 is 0 Å². The fourth-order valence-electron chi connectivity index (χ4n) is 2.94. The summed E-state index contributed by atoms with van der Waals surface area (Å²) in [6.07, 6.45) is 2.10. The number of hydrogen-bond donors (Lipinski definition) is 0. The standard InChI is InChI=1S/C16H22BrNO/c1-3-6-13-10-18(4-2)11-15(16(13)19)12-7-5-8-14(17)9-12/h5,7-9,13,15H,3-4,6,10-11H2,1-2H3. The van der Waals surface area contributed by atoms with Gasteiger partial charge in [0, 0.05) is 23.5 Å². The molecule has 1 fully saturated rings. The minimum Gasteiger partial charge on any atom is -0.302 e. The minimum atomic E-state index is 0.0442. The van der Waals surface area contributed by atoms with Crippen molar-refractivity contribution in [1.82, 2.24) is 4.90 Å². The van der Waals surface area contributed by atoms with Crippen molar-refractivity contribution >= 4 is 21.7 Å². The molecule has 2 unspecified atom stereocenters. The molecular weight excluding hydrogens is 302 g/mol. The molecule has 0 saturated carbocycles. The third kappa shape index (κ3) is 3.46. The van der Waals surface area contributed by atoms with Crippen LogP contribution in [0.25, 0.3) is 0 Å². The summed E-state index contributed by atoms with van der Waals surface area (Å²) in [6.45, 7) is 7.17. The predicted molar refractivity (Wildman–Crippen MR) is 82.4 cm³/mol. The molecule has 0 N–H and O–H groups in total. The van der Waals surface area contributed by atoms with Gasteiger partial charge < -0.3 is 4.90 Å². The number of hydrogen-bond acceptors (Lipinski definition) is 2. The van der Waals surface area contributed by atoms with Gasteiger partial charge in [-0.1, -0.05) is 48.3 Å². The first kappa shape index (κ1) is 14.7. The number of halogens is 1. The van der Waals surface area contributed by atoms with Gasteiger partial charge in [-0.2, -0.15) is 0 Å². The topological polar surface area (TPSA) is 20.3 Å². The molecule has 2 rings (SSSR count). The Bertz CT molecular complexity index is 446. The zero-order chi connectivity index (χ0) is 13.8. The monoisotopic (exact) mass is 323 g/mol. The molecule has 2 atom stereocenters. The lowest BCUT2D eigenvalue weighted by atomic mass is 9.81. The van der Waals surface area contributed by atoms with Gasteiger partial charge in [0.2, 0.25) is 0 Å². The van der Waals surface area contributed by atoms with E-state index in [1.54, 1.807) is 0 Å². The van der Waals surface area contributed by atoms with E-state index in [0.717, 1.165) is 42.5 Å². The molecule has 2 nitrogen and oxygen atoms in total. The van der Waals surface area contributed by atoms with E-state index >= 15 is 0 Å². The molecule has 1 aromatic rings. The van der Waals surface area contributed by atoms with Crippen LogP contribution < -0.4 is 0 Å². The third-order valence-electron chi connectivity index (χ3n) is 4.00. The second-order valence-electron chi connectivity index (χ2n) is 5.35. The Morgan fingerprint density at radius 3 is 2.74 bits per heavy atom. The van der Waals surface area contributed by atoms with Crippen molar-refractivity contribution < 1.29 is 4.79 Å². The maximum absolute atomic E-state index is 12.6. The molecule has 19 heavy (non-hydrogen) atoms. The summed E-state index contributed by atoms with van der Waals surface area (Å²) < 4.78 is 1.05. The Morgan fingerprint density at radius 1 is 1.32 bits per heavy atom. The molecule has 0 bridgehead atoms. The molecule has 1 heterocycles. The van der Waals surface area contributed by atoms with Gasteiger partial charge in [-0.3, -0.25) is 4.79 Å². The lowest BCUT2D eigenvalue weighted by molar-refractivity contribution is -0.128. The first-order chi connectivity index (χ1) is 9.15. The van der Waals surface area contributed by atoms with Crippen molar-refractivity contribution in [2.24, 2.45) is 5.92 Å². The Kier molecular flexibility index (Phi) is 5.17. The van der Waals surface area contributed by atoms with Crippen LogP contribution in [-0.2, 0) is 4.79 Å². The van der Waals surface area contributed by atoms with Crippen LogP contribution in [0.4, 0.5) is 0 Å². The van der Waals surface area contributed by atoms with Crippen molar-refractivity contribution in [1.29, 1.82) is 0 Å². The van der Waals surface area contributed by atoms with Crippen LogP contribution in [0.5, 0.6) is 0 Å². The summed E-state index contributed by atoms with van der Waals surface area (Å²) in [7, 11) is 0. The van der Waals surface area contributed by atoms with Crippen LogP contribution in [0.15, 0.2) is 28.7 Å². The highest BCUT2D eigenvalue weighted by atomic mass is 79.9. The molecule has 3 heteroatoms. The van der Waals surface area contributed by atoms with E-state index in [1.165, 1.54) is 0 Å². The molecule has 0 aliphatic carbocycles. The highest BCUT2D eigenvalue weighted by Crippen LogP contribution is 2.30. The van der Waals surface area contributed by atoms with Crippen LogP contribution in [0.2, 0.25) is 0 Å². The second-order valence-corrected chi connectivity index (χ2v) is 6.26. The van der Waals surface area contributed by atoms with Crippen LogP contribution in [-0.4, -0.2) is 30.3 Å².